The molecule has 0 atom stereocenters. The predicted octanol–water partition coefficient (Wildman–Crippen LogP) is 2.10. The van der Waals surface area contributed by atoms with Crippen molar-refractivity contribution in [3.8, 4) is 5.75 Å². The fourth-order valence-electron chi connectivity index (χ4n) is 1.35. The molecule has 0 radical (unpaired) electrons. The third-order valence-electron chi connectivity index (χ3n) is 2.37. The summed E-state index contributed by atoms with van der Waals surface area (Å²) in [7, 11) is -3.47. The molecule has 0 amide bonds. The van der Waals surface area contributed by atoms with Crippen LogP contribution in [-0.4, -0.2) is 19.8 Å². The SMILES string of the molecule is CC(C)(C)c1cc(N)c(O)c(S(C)(=O)=O)c1.Cl. The van der Waals surface area contributed by atoms with Crippen molar-refractivity contribution in [2.24, 2.45) is 0 Å². The summed E-state index contributed by atoms with van der Waals surface area (Å²) in [6, 6.07) is 3.07. The van der Waals surface area contributed by atoms with E-state index < -0.39 is 9.84 Å². The Morgan fingerprint density at radius 2 is 1.71 bits per heavy atom. The van der Waals surface area contributed by atoms with Gasteiger partial charge in [-0.05, 0) is 23.1 Å². The summed E-state index contributed by atoms with van der Waals surface area (Å²) in [5.41, 5.74) is 6.25. The molecule has 0 saturated heterocycles. The quantitative estimate of drug-likeness (QED) is 0.609. The lowest BCUT2D eigenvalue weighted by atomic mass is 9.87. The van der Waals surface area contributed by atoms with Crippen LogP contribution in [0.2, 0.25) is 0 Å². The standard InChI is InChI=1S/C11H17NO3S.ClH/c1-11(2,3)7-5-8(12)10(13)9(6-7)16(4,14)15;/h5-6,13H,12H2,1-4H3;1H. The summed E-state index contributed by atoms with van der Waals surface area (Å²) in [5.74, 6) is -0.365. The Morgan fingerprint density at radius 3 is 2.06 bits per heavy atom. The molecule has 6 heteroatoms. The third-order valence-corrected chi connectivity index (χ3v) is 3.48. The van der Waals surface area contributed by atoms with Crippen molar-refractivity contribution in [1.82, 2.24) is 0 Å². The normalized spacial score (nSPS) is 12.0. The number of phenols is 1. The molecule has 0 aliphatic rings. The second kappa shape index (κ2) is 4.74. The minimum Gasteiger partial charge on any atom is -0.504 e. The first-order valence-electron chi connectivity index (χ1n) is 4.86. The summed E-state index contributed by atoms with van der Waals surface area (Å²) in [6.07, 6.45) is 1.05. The number of rotatable bonds is 1. The molecule has 0 bridgehead atoms. The maximum Gasteiger partial charge on any atom is 0.179 e. The van der Waals surface area contributed by atoms with Crippen LogP contribution >= 0.6 is 12.4 Å². The van der Waals surface area contributed by atoms with Gasteiger partial charge in [-0.1, -0.05) is 20.8 Å². The molecule has 3 N–H and O–H groups in total. The lowest BCUT2D eigenvalue weighted by molar-refractivity contribution is 0.460. The molecule has 0 fully saturated rings. The Bertz CT molecular complexity index is 518. The number of hydrogen-bond donors (Lipinski definition) is 2. The smallest absolute Gasteiger partial charge is 0.179 e. The van der Waals surface area contributed by atoms with Crippen LogP contribution in [-0.2, 0) is 15.3 Å². The van der Waals surface area contributed by atoms with E-state index in [1.807, 2.05) is 20.8 Å². The summed E-state index contributed by atoms with van der Waals surface area (Å²) in [6.45, 7) is 5.85. The van der Waals surface area contributed by atoms with Gasteiger partial charge in [-0.3, -0.25) is 0 Å². The highest BCUT2D eigenvalue weighted by atomic mass is 35.5. The molecular weight excluding hydrogens is 262 g/mol. The molecule has 98 valence electrons. The average Bonchev–Trinajstić information content (AvgIpc) is 2.05. The number of hydrogen-bond acceptors (Lipinski definition) is 4. The minimum atomic E-state index is -3.47. The minimum absolute atomic E-state index is 0. The zero-order chi connectivity index (χ0) is 12.7. The van der Waals surface area contributed by atoms with Gasteiger partial charge < -0.3 is 10.8 Å². The van der Waals surface area contributed by atoms with Gasteiger partial charge in [0.2, 0.25) is 0 Å². The number of halogens is 1. The van der Waals surface area contributed by atoms with Gasteiger partial charge in [0, 0.05) is 6.26 Å². The molecule has 1 aromatic rings. The number of sulfone groups is 1. The van der Waals surface area contributed by atoms with Crippen LogP contribution in [0.5, 0.6) is 5.75 Å². The average molecular weight is 280 g/mol. The van der Waals surface area contributed by atoms with Crippen LogP contribution in [0.4, 0.5) is 5.69 Å². The van der Waals surface area contributed by atoms with Gasteiger partial charge in [-0.25, -0.2) is 8.42 Å². The highest BCUT2D eigenvalue weighted by Gasteiger charge is 2.21. The van der Waals surface area contributed by atoms with Crippen LogP contribution in [0.15, 0.2) is 17.0 Å². The lowest BCUT2D eigenvalue weighted by Crippen LogP contribution is -2.13. The number of nitrogens with two attached hydrogens (primary N) is 1. The van der Waals surface area contributed by atoms with E-state index in [-0.39, 0.29) is 34.2 Å². The molecule has 0 aliphatic carbocycles. The second-order valence-electron chi connectivity index (χ2n) is 4.93. The molecular formula is C11H18ClNO3S. The van der Waals surface area contributed by atoms with Crippen molar-refractivity contribution in [2.45, 2.75) is 31.1 Å². The van der Waals surface area contributed by atoms with Gasteiger partial charge in [0.25, 0.3) is 0 Å². The first kappa shape index (κ1) is 16.1. The Kier molecular flexibility index (Phi) is 4.48. The summed E-state index contributed by atoms with van der Waals surface area (Å²) >= 11 is 0. The van der Waals surface area contributed by atoms with Crippen LogP contribution in [0.3, 0.4) is 0 Å². The number of anilines is 1. The van der Waals surface area contributed by atoms with Crippen molar-refractivity contribution < 1.29 is 13.5 Å². The van der Waals surface area contributed by atoms with Crippen LogP contribution in [0.25, 0.3) is 0 Å². The molecule has 4 nitrogen and oxygen atoms in total. The largest absolute Gasteiger partial charge is 0.504 e. The number of aromatic hydroxyl groups is 1. The Balaban J connectivity index is 0.00000256. The maximum atomic E-state index is 11.5. The molecule has 0 spiro atoms. The molecule has 1 rings (SSSR count). The summed E-state index contributed by atoms with van der Waals surface area (Å²) < 4.78 is 22.9. The number of phenolic OH excluding ortho intramolecular Hbond substituents is 1. The fourth-order valence-corrected chi connectivity index (χ4v) is 2.16. The zero-order valence-electron chi connectivity index (χ0n) is 10.3. The molecule has 0 aliphatic heterocycles. The highest BCUT2D eigenvalue weighted by molar-refractivity contribution is 7.90. The van der Waals surface area contributed by atoms with Gasteiger partial charge in [-0.15, -0.1) is 12.4 Å². The van der Waals surface area contributed by atoms with Crippen molar-refractivity contribution >= 4 is 27.9 Å². The van der Waals surface area contributed by atoms with Crippen molar-refractivity contribution in [3.05, 3.63) is 17.7 Å². The van der Waals surface area contributed by atoms with Crippen molar-refractivity contribution in [3.63, 3.8) is 0 Å². The van der Waals surface area contributed by atoms with Gasteiger partial charge in [-0.2, -0.15) is 0 Å². The van der Waals surface area contributed by atoms with Gasteiger partial charge in [0.15, 0.2) is 15.6 Å². The maximum absolute atomic E-state index is 11.5. The van der Waals surface area contributed by atoms with Crippen LogP contribution < -0.4 is 5.73 Å². The molecule has 0 heterocycles. The van der Waals surface area contributed by atoms with E-state index in [2.05, 4.69) is 0 Å². The van der Waals surface area contributed by atoms with E-state index in [1.54, 1.807) is 6.07 Å². The number of nitrogen functional groups attached to an aromatic ring is 1. The van der Waals surface area contributed by atoms with Crippen molar-refractivity contribution in [1.29, 1.82) is 0 Å². The molecule has 0 unspecified atom stereocenters. The first-order valence-corrected chi connectivity index (χ1v) is 6.75. The number of benzene rings is 1. The van der Waals surface area contributed by atoms with E-state index in [9.17, 15) is 13.5 Å². The molecule has 1 aromatic carbocycles. The Hall–Kier alpha value is -0.940. The lowest BCUT2D eigenvalue weighted by Gasteiger charge is -2.21. The first-order chi connectivity index (χ1) is 7.03. The Morgan fingerprint density at radius 1 is 1.24 bits per heavy atom. The van der Waals surface area contributed by atoms with Crippen LogP contribution in [0.1, 0.15) is 26.3 Å². The van der Waals surface area contributed by atoms with E-state index in [0.717, 1.165) is 11.8 Å². The van der Waals surface area contributed by atoms with E-state index >= 15 is 0 Å². The zero-order valence-corrected chi connectivity index (χ0v) is 11.9. The monoisotopic (exact) mass is 279 g/mol. The van der Waals surface area contributed by atoms with Gasteiger partial charge in [0.1, 0.15) is 4.90 Å². The van der Waals surface area contributed by atoms with Crippen LogP contribution in [0, 0.1) is 0 Å². The van der Waals surface area contributed by atoms with E-state index in [0.29, 0.717) is 0 Å². The molecule has 0 saturated carbocycles. The predicted molar refractivity (Wildman–Crippen MR) is 71.6 cm³/mol. The summed E-state index contributed by atoms with van der Waals surface area (Å²) in [4.78, 5) is -0.113. The van der Waals surface area contributed by atoms with Gasteiger partial charge in [0.05, 0.1) is 5.69 Å². The molecule has 17 heavy (non-hydrogen) atoms. The van der Waals surface area contributed by atoms with Crippen molar-refractivity contribution in [2.75, 3.05) is 12.0 Å². The fraction of sp³-hybridized carbons (Fsp3) is 0.455. The Labute approximate surface area is 108 Å². The topological polar surface area (TPSA) is 80.4 Å². The second-order valence-corrected chi connectivity index (χ2v) is 6.92. The molecule has 0 aromatic heterocycles. The third kappa shape index (κ3) is 3.51. The van der Waals surface area contributed by atoms with Gasteiger partial charge >= 0.3 is 0 Å². The highest BCUT2D eigenvalue weighted by Crippen LogP contribution is 2.34. The summed E-state index contributed by atoms with van der Waals surface area (Å²) in [5, 5.41) is 9.62. The van der Waals surface area contributed by atoms with E-state index in [4.69, 9.17) is 5.73 Å². The van der Waals surface area contributed by atoms with E-state index in [1.165, 1.54) is 6.07 Å².